The quantitative estimate of drug-likeness (QED) is 0.282. The lowest BCUT2D eigenvalue weighted by Gasteiger charge is -2.10. The van der Waals surface area contributed by atoms with Gasteiger partial charge in [0.1, 0.15) is 0 Å². The zero-order valence-electron chi connectivity index (χ0n) is 17.6. The van der Waals surface area contributed by atoms with E-state index in [1.54, 1.807) is 24.3 Å². The van der Waals surface area contributed by atoms with Gasteiger partial charge < -0.3 is 10.6 Å². The summed E-state index contributed by atoms with van der Waals surface area (Å²) >= 11 is 0. The van der Waals surface area contributed by atoms with Gasteiger partial charge in [-0.25, -0.2) is 0 Å². The van der Waals surface area contributed by atoms with Gasteiger partial charge in [-0.3, -0.25) is 29.8 Å². The third-order valence-corrected chi connectivity index (χ3v) is 4.50. The van der Waals surface area contributed by atoms with Crippen LogP contribution in [0.3, 0.4) is 0 Å². The fourth-order valence-electron chi connectivity index (χ4n) is 2.81. The number of carbonyl (C=O) groups is 2. The van der Waals surface area contributed by atoms with Crippen LogP contribution in [0.2, 0.25) is 0 Å². The highest BCUT2D eigenvalue weighted by Gasteiger charge is 2.08. The van der Waals surface area contributed by atoms with E-state index in [4.69, 9.17) is 0 Å². The second-order valence-corrected chi connectivity index (χ2v) is 6.89. The van der Waals surface area contributed by atoms with E-state index in [2.05, 4.69) is 10.6 Å². The molecular weight excluding hydrogens is 440 g/mol. The van der Waals surface area contributed by atoms with Crippen molar-refractivity contribution < 1.29 is 19.4 Å². The van der Waals surface area contributed by atoms with Crippen LogP contribution in [0.1, 0.15) is 11.1 Å². The van der Waals surface area contributed by atoms with Crippen molar-refractivity contribution in [2.45, 2.75) is 0 Å². The monoisotopic (exact) mass is 458 g/mol. The Hall–Kier alpha value is -5.12. The smallest absolute Gasteiger partial charge is 0.269 e. The molecule has 3 aromatic rings. The van der Waals surface area contributed by atoms with Gasteiger partial charge in [0.25, 0.3) is 11.4 Å². The molecule has 0 radical (unpaired) electrons. The summed E-state index contributed by atoms with van der Waals surface area (Å²) in [6.07, 6.45) is 5.56. The van der Waals surface area contributed by atoms with Crippen molar-refractivity contribution in [3.05, 3.63) is 116 Å². The molecule has 0 unspecified atom stereocenters. The number of hydrogen-bond donors (Lipinski definition) is 2. The molecule has 0 aromatic heterocycles. The molecule has 3 rings (SSSR count). The maximum atomic E-state index is 12.3. The molecule has 0 heterocycles. The number of nitrogens with one attached hydrogen (secondary N) is 2. The first kappa shape index (κ1) is 23.5. The van der Waals surface area contributed by atoms with Gasteiger partial charge in [-0.05, 0) is 59.7 Å². The van der Waals surface area contributed by atoms with Crippen LogP contribution in [0.25, 0.3) is 12.2 Å². The molecule has 0 bridgehead atoms. The lowest BCUT2D eigenvalue weighted by molar-refractivity contribution is -0.385. The Labute approximate surface area is 193 Å². The zero-order chi connectivity index (χ0) is 24.5. The molecule has 3 aromatic carbocycles. The lowest BCUT2D eigenvalue weighted by atomic mass is 10.2. The van der Waals surface area contributed by atoms with Gasteiger partial charge in [0.05, 0.1) is 21.2 Å². The summed E-state index contributed by atoms with van der Waals surface area (Å²) in [5.41, 5.74) is 1.87. The van der Waals surface area contributed by atoms with Crippen molar-refractivity contribution in [3.8, 4) is 0 Å². The summed E-state index contributed by atoms with van der Waals surface area (Å²) in [4.78, 5) is 45.0. The number of para-hydroxylation sites is 2. The molecule has 0 fully saturated rings. The van der Waals surface area contributed by atoms with Crippen LogP contribution in [0, 0.1) is 20.2 Å². The molecule has 10 nitrogen and oxygen atoms in total. The third-order valence-electron chi connectivity index (χ3n) is 4.50. The van der Waals surface area contributed by atoms with Crippen LogP contribution in [0.15, 0.2) is 84.9 Å². The van der Waals surface area contributed by atoms with Crippen LogP contribution in [-0.4, -0.2) is 21.7 Å². The summed E-state index contributed by atoms with van der Waals surface area (Å²) < 4.78 is 0. The van der Waals surface area contributed by atoms with Gasteiger partial charge in [0.2, 0.25) is 11.8 Å². The van der Waals surface area contributed by atoms with Gasteiger partial charge in [-0.2, -0.15) is 0 Å². The Morgan fingerprint density at radius 2 is 0.971 bits per heavy atom. The minimum absolute atomic E-state index is 0.0473. The number of carbonyl (C=O) groups excluding carboxylic acids is 2. The van der Waals surface area contributed by atoms with Gasteiger partial charge in [-0.15, -0.1) is 0 Å². The van der Waals surface area contributed by atoms with Crippen molar-refractivity contribution in [1.82, 2.24) is 0 Å². The second kappa shape index (κ2) is 11.0. The molecule has 0 aliphatic rings. The first-order valence-electron chi connectivity index (χ1n) is 9.88. The molecule has 0 aliphatic heterocycles. The van der Waals surface area contributed by atoms with Crippen molar-refractivity contribution in [2.24, 2.45) is 0 Å². The van der Waals surface area contributed by atoms with Crippen molar-refractivity contribution >= 4 is 46.7 Å². The SMILES string of the molecule is O=C(C=Cc1ccc([N+](=O)[O-])cc1)Nc1ccccc1NC(=O)C=Cc1ccc([N+](=O)[O-])cc1. The van der Waals surface area contributed by atoms with E-state index >= 15 is 0 Å². The molecule has 2 N–H and O–H groups in total. The predicted molar refractivity (Wildman–Crippen MR) is 128 cm³/mol. The minimum Gasteiger partial charge on any atom is -0.321 e. The maximum absolute atomic E-state index is 12.3. The summed E-state index contributed by atoms with van der Waals surface area (Å²) in [5, 5.41) is 26.7. The van der Waals surface area contributed by atoms with Crippen LogP contribution in [0.4, 0.5) is 22.7 Å². The summed E-state index contributed by atoms with van der Waals surface area (Å²) in [7, 11) is 0. The number of non-ortho nitro benzene ring substituents is 2. The Bertz CT molecular complexity index is 1180. The number of amides is 2. The number of nitrogens with zero attached hydrogens (tertiary/aromatic N) is 2. The number of anilines is 2. The Kier molecular flexibility index (Phi) is 7.59. The van der Waals surface area contributed by atoms with E-state index in [1.165, 1.54) is 72.8 Å². The fourth-order valence-corrected chi connectivity index (χ4v) is 2.81. The predicted octanol–water partition coefficient (Wildman–Crippen LogP) is 4.81. The third kappa shape index (κ3) is 6.69. The molecule has 0 saturated carbocycles. The summed E-state index contributed by atoms with van der Waals surface area (Å²) in [6.45, 7) is 0. The van der Waals surface area contributed by atoms with Crippen LogP contribution >= 0.6 is 0 Å². The number of hydrogen-bond acceptors (Lipinski definition) is 6. The maximum Gasteiger partial charge on any atom is 0.269 e. The van der Waals surface area contributed by atoms with E-state index < -0.39 is 21.7 Å². The van der Waals surface area contributed by atoms with E-state index in [0.717, 1.165) is 0 Å². The standard InChI is InChI=1S/C24H18N4O6/c29-23(15-9-17-5-11-19(12-6-17)27(31)32)25-21-3-1-2-4-22(21)26-24(30)16-10-18-7-13-20(14-8-18)28(33)34/h1-16H,(H,25,29)(H,26,30). The van der Waals surface area contributed by atoms with E-state index in [0.29, 0.717) is 22.5 Å². The average Bonchev–Trinajstić information content (AvgIpc) is 2.83. The molecule has 0 saturated heterocycles. The Morgan fingerprint density at radius 1 is 0.618 bits per heavy atom. The number of nitro groups is 2. The van der Waals surface area contributed by atoms with Gasteiger partial charge in [0, 0.05) is 36.4 Å². The molecule has 34 heavy (non-hydrogen) atoms. The molecular formula is C24H18N4O6. The average molecular weight is 458 g/mol. The summed E-state index contributed by atoms with van der Waals surface area (Å²) in [6, 6.07) is 18.1. The van der Waals surface area contributed by atoms with E-state index in [-0.39, 0.29) is 11.4 Å². The number of benzene rings is 3. The van der Waals surface area contributed by atoms with Crippen molar-refractivity contribution in [2.75, 3.05) is 10.6 Å². The molecule has 0 aliphatic carbocycles. The molecule has 0 spiro atoms. The fraction of sp³-hybridized carbons (Fsp3) is 0. The van der Waals surface area contributed by atoms with Crippen LogP contribution < -0.4 is 10.6 Å². The highest BCUT2D eigenvalue weighted by Crippen LogP contribution is 2.21. The van der Waals surface area contributed by atoms with Crippen LogP contribution in [0.5, 0.6) is 0 Å². The van der Waals surface area contributed by atoms with E-state index in [9.17, 15) is 29.8 Å². The Balaban J connectivity index is 1.62. The first-order valence-corrected chi connectivity index (χ1v) is 9.88. The molecule has 0 atom stereocenters. The van der Waals surface area contributed by atoms with Gasteiger partial charge in [0.15, 0.2) is 0 Å². The van der Waals surface area contributed by atoms with Crippen molar-refractivity contribution in [3.63, 3.8) is 0 Å². The van der Waals surface area contributed by atoms with Crippen molar-refractivity contribution in [1.29, 1.82) is 0 Å². The number of nitro benzene ring substituents is 2. The topological polar surface area (TPSA) is 144 Å². The van der Waals surface area contributed by atoms with E-state index in [1.807, 2.05) is 0 Å². The minimum atomic E-state index is -0.507. The normalized spacial score (nSPS) is 10.8. The molecule has 10 heteroatoms. The highest BCUT2D eigenvalue weighted by molar-refractivity contribution is 6.08. The summed E-state index contributed by atoms with van der Waals surface area (Å²) in [5.74, 6) is -0.914. The second-order valence-electron chi connectivity index (χ2n) is 6.89. The number of rotatable bonds is 8. The molecule has 170 valence electrons. The molecule has 2 amide bonds. The van der Waals surface area contributed by atoms with Gasteiger partial charge >= 0.3 is 0 Å². The zero-order valence-corrected chi connectivity index (χ0v) is 17.6. The first-order chi connectivity index (χ1) is 16.3. The van der Waals surface area contributed by atoms with Gasteiger partial charge in [-0.1, -0.05) is 12.1 Å². The highest BCUT2D eigenvalue weighted by atomic mass is 16.6. The van der Waals surface area contributed by atoms with Crippen LogP contribution in [-0.2, 0) is 9.59 Å². The Morgan fingerprint density at radius 3 is 1.29 bits per heavy atom. The lowest BCUT2D eigenvalue weighted by Crippen LogP contribution is -2.13. The largest absolute Gasteiger partial charge is 0.321 e.